The van der Waals surface area contributed by atoms with E-state index in [0.717, 1.165) is 0 Å². The maximum absolute atomic E-state index is 10.4. The second kappa shape index (κ2) is 4.59. The van der Waals surface area contributed by atoms with Crippen molar-refractivity contribution < 1.29 is 13.0 Å². The minimum atomic E-state index is -4.00. The van der Waals surface area contributed by atoms with Crippen LogP contribution in [-0.2, 0) is 10.1 Å². The van der Waals surface area contributed by atoms with E-state index in [9.17, 15) is 8.42 Å². The van der Waals surface area contributed by atoms with E-state index in [4.69, 9.17) is 4.55 Å². The fourth-order valence-electron chi connectivity index (χ4n) is 0.592. The zero-order valence-corrected chi connectivity index (χ0v) is 5.88. The second-order valence-electron chi connectivity index (χ2n) is 1.79. The van der Waals surface area contributed by atoms with Crippen molar-refractivity contribution in [3.63, 3.8) is 0 Å². The Balaban J connectivity index is 0.000001000. The first-order valence-corrected chi connectivity index (χ1v) is 4.07. The zero-order valence-electron chi connectivity index (χ0n) is 5.06. The fourth-order valence-corrected chi connectivity index (χ4v) is 1.09. The molecular formula is C6H8O3SSr. The molecule has 0 aromatic heterocycles. The van der Waals surface area contributed by atoms with E-state index >= 15 is 0 Å². The van der Waals surface area contributed by atoms with Crippen LogP contribution >= 0.6 is 0 Å². The Morgan fingerprint density at radius 3 is 1.82 bits per heavy atom. The quantitative estimate of drug-likeness (QED) is 0.562. The third-order valence-corrected chi connectivity index (χ3v) is 1.91. The van der Waals surface area contributed by atoms with Crippen molar-refractivity contribution in [3.8, 4) is 0 Å². The van der Waals surface area contributed by atoms with Crippen molar-refractivity contribution in [1.29, 1.82) is 0 Å². The van der Waals surface area contributed by atoms with Crippen LogP contribution in [0.4, 0.5) is 0 Å². The minimum absolute atomic E-state index is 0. The van der Waals surface area contributed by atoms with E-state index in [1.54, 1.807) is 18.2 Å². The Morgan fingerprint density at radius 2 is 1.55 bits per heavy atom. The van der Waals surface area contributed by atoms with Crippen LogP contribution in [0.25, 0.3) is 0 Å². The molecular weight excluding hydrogens is 240 g/mol. The van der Waals surface area contributed by atoms with Crippen molar-refractivity contribution in [2.24, 2.45) is 0 Å². The zero-order chi connectivity index (χ0) is 7.61. The van der Waals surface area contributed by atoms with Gasteiger partial charge in [-0.1, -0.05) is 18.2 Å². The Kier molecular flexibility index (Phi) is 4.85. The average molecular weight is 248 g/mol. The molecule has 0 aliphatic rings. The molecule has 1 N–H and O–H groups in total. The van der Waals surface area contributed by atoms with Gasteiger partial charge in [0.15, 0.2) is 0 Å². The number of hydrogen-bond acceptors (Lipinski definition) is 2. The van der Waals surface area contributed by atoms with Gasteiger partial charge in [-0.2, -0.15) is 8.42 Å². The summed E-state index contributed by atoms with van der Waals surface area (Å²) >= 11 is 0. The Bertz CT molecular complexity index is 306. The molecule has 0 heterocycles. The molecule has 1 aromatic rings. The molecule has 5 heteroatoms. The van der Waals surface area contributed by atoms with Crippen LogP contribution in [0, 0.1) is 0 Å². The summed E-state index contributed by atoms with van der Waals surface area (Å²) in [6, 6.07) is 7.42. The predicted octanol–water partition coefficient (Wildman–Crippen LogP) is 0.0171. The van der Waals surface area contributed by atoms with E-state index in [1.807, 2.05) is 0 Å². The molecule has 0 unspecified atom stereocenters. The molecule has 58 valence electrons. The summed E-state index contributed by atoms with van der Waals surface area (Å²) in [5.74, 6) is 0. The molecule has 0 radical (unpaired) electrons. The predicted molar refractivity (Wildman–Crippen MR) is 44.8 cm³/mol. The molecule has 1 aromatic carbocycles. The van der Waals surface area contributed by atoms with Crippen LogP contribution in [0.3, 0.4) is 0 Å². The van der Waals surface area contributed by atoms with Crippen molar-refractivity contribution >= 4 is 55.6 Å². The molecule has 3 nitrogen and oxygen atoms in total. The van der Waals surface area contributed by atoms with Gasteiger partial charge in [0.05, 0.1) is 4.90 Å². The van der Waals surface area contributed by atoms with Gasteiger partial charge >= 0.3 is 45.5 Å². The van der Waals surface area contributed by atoms with Gasteiger partial charge in [0.2, 0.25) is 0 Å². The van der Waals surface area contributed by atoms with Crippen LogP contribution in [0.5, 0.6) is 0 Å². The van der Waals surface area contributed by atoms with Gasteiger partial charge in [-0.3, -0.25) is 4.55 Å². The van der Waals surface area contributed by atoms with Crippen LogP contribution in [0.1, 0.15) is 0 Å². The van der Waals surface area contributed by atoms with Crippen LogP contribution in [0.15, 0.2) is 35.2 Å². The van der Waals surface area contributed by atoms with Gasteiger partial charge in [-0.05, 0) is 12.1 Å². The van der Waals surface area contributed by atoms with Gasteiger partial charge in [0.1, 0.15) is 0 Å². The second-order valence-corrected chi connectivity index (χ2v) is 3.21. The molecule has 0 aliphatic heterocycles. The van der Waals surface area contributed by atoms with Gasteiger partial charge in [0.25, 0.3) is 10.1 Å². The molecule has 11 heavy (non-hydrogen) atoms. The van der Waals surface area contributed by atoms with Crippen molar-refractivity contribution in [1.82, 2.24) is 0 Å². The molecule has 0 atom stereocenters. The normalized spacial score (nSPS) is 10.3. The van der Waals surface area contributed by atoms with Crippen molar-refractivity contribution in [2.45, 2.75) is 4.90 Å². The summed E-state index contributed by atoms with van der Waals surface area (Å²) in [6.07, 6.45) is 0. The summed E-state index contributed by atoms with van der Waals surface area (Å²) in [5, 5.41) is 0. The number of rotatable bonds is 1. The first kappa shape index (κ1) is 11.6. The Labute approximate surface area is 102 Å². The van der Waals surface area contributed by atoms with Gasteiger partial charge in [-0.15, -0.1) is 0 Å². The van der Waals surface area contributed by atoms with E-state index in [0.29, 0.717) is 0 Å². The van der Waals surface area contributed by atoms with Crippen molar-refractivity contribution in [2.75, 3.05) is 0 Å². The van der Waals surface area contributed by atoms with E-state index in [-0.39, 0.29) is 50.4 Å². The van der Waals surface area contributed by atoms with E-state index in [1.165, 1.54) is 12.1 Å². The number of hydrogen-bond donors (Lipinski definition) is 1. The molecule has 0 aliphatic carbocycles. The molecule has 0 saturated heterocycles. The Morgan fingerprint density at radius 1 is 1.09 bits per heavy atom. The van der Waals surface area contributed by atoms with Gasteiger partial charge in [0, 0.05) is 0 Å². The summed E-state index contributed by atoms with van der Waals surface area (Å²) in [5.41, 5.74) is 0. The molecule has 1 rings (SSSR count). The van der Waals surface area contributed by atoms with E-state index in [2.05, 4.69) is 0 Å². The summed E-state index contributed by atoms with van der Waals surface area (Å²) < 4.78 is 29.2. The van der Waals surface area contributed by atoms with Crippen molar-refractivity contribution in [3.05, 3.63) is 30.3 Å². The first-order valence-electron chi connectivity index (χ1n) is 2.63. The molecule has 0 spiro atoms. The molecule has 0 saturated carbocycles. The molecule has 0 bridgehead atoms. The van der Waals surface area contributed by atoms with Crippen LogP contribution in [-0.4, -0.2) is 58.5 Å². The summed E-state index contributed by atoms with van der Waals surface area (Å²) in [6.45, 7) is 0. The monoisotopic (exact) mass is 248 g/mol. The summed E-state index contributed by atoms with van der Waals surface area (Å²) in [7, 11) is -4.00. The van der Waals surface area contributed by atoms with Crippen LogP contribution < -0.4 is 0 Å². The van der Waals surface area contributed by atoms with E-state index < -0.39 is 10.1 Å². The third kappa shape index (κ3) is 3.69. The van der Waals surface area contributed by atoms with Gasteiger partial charge in [-0.25, -0.2) is 0 Å². The average Bonchev–Trinajstić information content (AvgIpc) is 1.88. The fraction of sp³-hybridized carbons (Fsp3) is 0. The Hall–Kier alpha value is 0.611. The molecule has 0 fully saturated rings. The SMILES string of the molecule is O=S(=O)(O)c1ccccc1.[SrH2]. The molecule has 0 amide bonds. The first-order chi connectivity index (χ1) is 4.61. The maximum atomic E-state index is 10.4. The van der Waals surface area contributed by atoms with Gasteiger partial charge < -0.3 is 0 Å². The third-order valence-electron chi connectivity index (χ3n) is 1.04. The standard InChI is InChI=1S/C6H6O3S.Sr.2H/c7-10(8,9)6-4-2-1-3-5-6;;;/h1-5H,(H,7,8,9);;;. The van der Waals surface area contributed by atoms with Crippen LogP contribution in [0.2, 0.25) is 0 Å². The number of benzene rings is 1. The topological polar surface area (TPSA) is 54.4 Å². The summed E-state index contributed by atoms with van der Waals surface area (Å²) in [4.78, 5) is -0.0741.